The molecule has 9 heteroatoms. The van der Waals surface area contributed by atoms with Crippen molar-refractivity contribution in [2.45, 2.75) is 45.4 Å². The number of aliphatic hydroxyl groups excluding tert-OH is 1. The van der Waals surface area contributed by atoms with Gasteiger partial charge in [-0.15, -0.1) is 34.2 Å². The number of aromatic nitrogens is 3. The van der Waals surface area contributed by atoms with Crippen LogP contribution in [0.1, 0.15) is 41.7 Å². The molecule has 0 spiro atoms. The van der Waals surface area contributed by atoms with E-state index in [-0.39, 0.29) is 30.1 Å². The van der Waals surface area contributed by atoms with Crippen molar-refractivity contribution in [3.05, 3.63) is 47.0 Å². The maximum atomic E-state index is 10.5. The lowest BCUT2D eigenvalue weighted by Gasteiger charge is -2.18. The average Bonchev–Trinajstić information content (AvgIpc) is 3.32. The molecular weight excluding hydrogens is 483 g/mol. The molecule has 0 bridgehead atoms. The average molecular weight is 514 g/mol. The van der Waals surface area contributed by atoms with E-state index in [1.807, 2.05) is 49.7 Å². The SMILES string of the molecule is Cc1cccc(C(O)CNC(=NCc2nnc(C)n2C)NCC2CCCO2)c1.I. The Balaban J connectivity index is 0.00000300. The second kappa shape index (κ2) is 11.5. The second-order valence-electron chi connectivity index (χ2n) is 7.21. The molecule has 1 aliphatic heterocycles. The fraction of sp³-hybridized carbons (Fsp3) is 0.550. The van der Waals surface area contributed by atoms with Crippen LogP contribution < -0.4 is 10.6 Å². The van der Waals surface area contributed by atoms with E-state index in [9.17, 15) is 5.11 Å². The zero-order chi connectivity index (χ0) is 19.9. The van der Waals surface area contributed by atoms with Crippen molar-refractivity contribution in [3.63, 3.8) is 0 Å². The lowest BCUT2D eigenvalue weighted by atomic mass is 10.1. The predicted molar refractivity (Wildman–Crippen MR) is 123 cm³/mol. The van der Waals surface area contributed by atoms with Gasteiger partial charge >= 0.3 is 0 Å². The molecule has 1 aromatic heterocycles. The van der Waals surface area contributed by atoms with Gasteiger partial charge in [0.2, 0.25) is 0 Å². The van der Waals surface area contributed by atoms with Crippen molar-refractivity contribution >= 4 is 29.9 Å². The first-order valence-corrected chi connectivity index (χ1v) is 9.76. The van der Waals surface area contributed by atoms with Gasteiger partial charge in [0.1, 0.15) is 12.4 Å². The van der Waals surface area contributed by atoms with Crippen molar-refractivity contribution in [1.82, 2.24) is 25.4 Å². The monoisotopic (exact) mass is 514 g/mol. The minimum absolute atomic E-state index is 0. The van der Waals surface area contributed by atoms with Gasteiger partial charge in [0, 0.05) is 26.7 Å². The Hall–Kier alpha value is -1.72. The van der Waals surface area contributed by atoms with Crippen LogP contribution >= 0.6 is 24.0 Å². The van der Waals surface area contributed by atoms with Crippen LogP contribution in [-0.2, 0) is 18.3 Å². The topological polar surface area (TPSA) is 96.6 Å². The van der Waals surface area contributed by atoms with E-state index in [0.717, 1.165) is 42.2 Å². The molecule has 1 aromatic carbocycles. The molecule has 1 fully saturated rings. The summed E-state index contributed by atoms with van der Waals surface area (Å²) in [5.41, 5.74) is 2.01. The summed E-state index contributed by atoms with van der Waals surface area (Å²) in [6.45, 7) is 6.19. The van der Waals surface area contributed by atoms with E-state index in [0.29, 0.717) is 25.6 Å². The molecule has 3 N–H and O–H groups in total. The van der Waals surface area contributed by atoms with E-state index < -0.39 is 6.10 Å². The zero-order valence-corrected chi connectivity index (χ0v) is 19.6. The highest BCUT2D eigenvalue weighted by atomic mass is 127. The molecule has 3 rings (SSSR count). The van der Waals surface area contributed by atoms with Gasteiger partial charge in [0.15, 0.2) is 11.8 Å². The van der Waals surface area contributed by atoms with Crippen LogP contribution in [0.15, 0.2) is 29.3 Å². The van der Waals surface area contributed by atoms with Gasteiger partial charge in [0.25, 0.3) is 0 Å². The highest BCUT2D eigenvalue weighted by Crippen LogP contribution is 2.13. The largest absolute Gasteiger partial charge is 0.387 e. The van der Waals surface area contributed by atoms with Crippen LogP contribution in [0.2, 0.25) is 0 Å². The first kappa shape index (κ1) is 23.6. The van der Waals surface area contributed by atoms with Crippen LogP contribution in [-0.4, -0.2) is 51.6 Å². The highest BCUT2D eigenvalue weighted by Gasteiger charge is 2.16. The second-order valence-corrected chi connectivity index (χ2v) is 7.21. The van der Waals surface area contributed by atoms with Crippen molar-refractivity contribution < 1.29 is 9.84 Å². The number of nitrogens with zero attached hydrogens (tertiary/aromatic N) is 4. The number of benzene rings is 1. The van der Waals surface area contributed by atoms with E-state index in [1.165, 1.54) is 0 Å². The molecular formula is C20H31IN6O2. The van der Waals surface area contributed by atoms with Crippen molar-refractivity contribution in [2.75, 3.05) is 19.7 Å². The Morgan fingerprint density at radius 2 is 2.17 bits per heavy atom. The van der Waals surface area contributed by atoms with Crippen LogP contribution in [0.3, 0.4) is 0 Å². The maximum Gasteiger partial charge on any atom is 0.191 e. The minimum Gasteiger partial charge on any atom is -0.387 e. The molecule has 0 radical (unpaired) electrons. The van der Waals surface area contributed by atoms with Crippen LogP contribution in [0, 0.1) is 13.8 Å². The lowest BCUT2D eigenvalue weighted by Crippen LogP contribution is -2.42. The fourth-order valence-corrected chi connectivity index (χ4v) is 3.12. The molecule has 2 heterocycles. The zero-order valence-electron chi connectivity index (χ0n) is 17.3. The number of nitrogens with one attached hydrogen (secondary N) is 2. The van der Waals surface area contributed by atoms with Crippen LogP contribution in [0.4, 0.5) is 0 Å². The van der Waals surface area contributed by atoms with E-state index >= 15 is 0 Å². The number of halogens is 1. The first-order valence-electron chi connectivity index (χ1n) is 9.76. The number of aryl methyl sites for hydroxylation is 2. The van der Waals surface area contributed by atoms with Gasteiger partial charge in [-0.1, -0.05) is 29.8 Å². The normalized spacial score (nSPS) is 17.7. The van der Waals surface area contributed by atoms with E-state index in [2.05, 4.69) is 25.8 Å². The molecule has 2 aromatic rings. The molecule has 0 saturated carbocycles. The quantitative estimate of drug-likeness (QED) is 0.297. The summed E-state index contributed by atoms with van der Waals surface area (Å²) >= 11 is 0. The molecule has 2 atom stereocenters. The Bertz CT molecular complexity index is 804. The Labute approximate surface area is 189 Å². The van der Waals surface area contributed by atoms with Gasteiger partial charge in [-0.2, -0.15) is 0 Å². The smallest absolute Gasteiger partial charge is 0.191 e. The highest BCUT2D eigenvalue weighted by molar-refractivity contribution is 14.0. The fourth-order valence-electron chi connectivity index (χ4n) is 3.12. The van der Waals surface area contributed by atoms with E-state index in [1.54, 1.807) is 0 Å². The summed E-state index contributed by atoms with van der Waals surface area (Å²) in [5.74, 6) is 2.26. The maximum absolute atomic E-state index is 10.5. The Morgan fingerprint density at radius 1 is 1.34 bits per heavy atom. The summed E-state index contributed by atoms with van der Waals surface area (Å²) in [6.07, 6.45) is 1.73. The van der Waals surface area contributed by atoms with Crippen molar-refractivity contribution in [3.8, 4) is 0 Å². The molecule has 0 amide bonds. The summed E-state index contributed by atoms with van der Waals surface area (Å²) in [4.78, 5) is 4.62. The van der Waals surface area contributed by atoms with Gasteiger partial charge in [-0.25, -0.2) is 4.99 Å². The Kier molecular flexibility index (Phi) is 9.31. The molecule has 1 saturated heterocycles. The molecule has 0 aliphatic carbocycles. The summed E-state index contributed by atoms with van der Waals surface area (Å²) < 4.78 is 7.59. The summed E-state index contributed by atoms with van der Waals surface area (Å²) in [6, 6.07) is 7.89. The molecule has 2 unspecified atom stereocenters. The standard InChI is InChI=1S/C20H30N6O2.HI/c1-14-6-4-7-16(10-14)18(27)12-22-20(21-11-17-8-5-9-28-17)23-13-19-25-24-15(2)26(19)3;/h4,6-7,10,17-18,27H,5,8-9,11-13H2,1-3H3,(H2,21,22,23);1H. The summed E-state index contributed by atoms with van der Waals surface area (Å²) in [7, 11) is 1.93. The first-order chi connectivity index (χ1) is 13.5. The van der Waals surface area contributed by atoms with Crippen LogP contribution in [0.5, 0.6) is 0 Å². The third-order valence-corrected chi connectivity index (χ3v) is 4.97. The number of hydrogen-bond donors (Lipinski definition) is 3. The van der Waals surface area contributed by atoms with Gasteiger partial charge in [-0.05, 0) is 32.3 Å². The lowest BCUT2D eigenvalue weighted by molar-refractivity contribution is 0.113. The van der Waals surface area contributed by atoms with Crippen LogP contribution in [0.25, 0.3) is 0 Å². The molecule has 29 heavy (non-hydrogen) atoms. The summed E-state index contributed by atoms with van der Waals surface area (Å²) in [5, 5.41) is 25.3. The van der Waals surface area contributed by atoms with Gasteiger partial charge in [0.05, 0.1) is 12.2 Å². The number of ether oxygens (including phenoxy) is 1. The molecule has 1 aliphatic rings. The molecule has 8 nitrogen and oxygen atoms in total. The van der Waals surface area contributed by atoms with Crippen molar-refractivity contribution in [2.24, 2.45) is 12.0 Å². The number of guanidine groups is 1. The number of hydrogen-bond acceptors (Lipinski definition) is 5. The van der Waals surface area contributed by atoms with Gasteiger partial charge in [-0.3, -0.25) is 0 Å². The van der Waals surface area contributed by atoms with E-state index in [4.69, 9.17) is 4.74 Å². The minimum atomic E-state index is -0.619. The van der Waals surface area contributed by atoms with Crippen molar-refractivity contribution in [1.29, 1.82) is 0 Å². The van der Waals surface area contributed by atoms with Gasteiger partial charge < -0.3 is 25.0 Å². The third kappa shape index (κ3) is 6.93. The Morgan fingerprint density at radius 3 is 2.83 bits per heavy atom. The predicted octanol–water partition coefficient (Wildman–Crippen LogP) is 2.00. The number of rotatable bonds is 7. The third-order valence-electron chi connectivity index (χ3n) is 4.97. The number of aliphatic imine (C=N–C) groups is 1. The molecule has 160 valence electrons. The number of aliphatic hydroxyl groups is 1.